The molecule has 1 aromatic heterocycles. The van der Waals surface area contributed by atoms with Crippen molar-refractivity contribution in [2.75, 3.05) is 13.1 Å². The second kappa shape index (κ2) is 9.47. The highest BCUT2D eigenvalue weighted by molar-refractivity contribution is 7.89. The van der Waals surface area contributed by atoms with Gasteiger partial charge in [-0.2, -0.15) is 9.57 Å². The Morgan fingerprint density at radius 2 is 1.75 bits per heavy atom. The number of rotatable bonds is 6. The van der Waals surface area contributed by atoms with Gasteiger partial charge in [-0.25, -0.2) is 13.4 Å². The number of allylic oxidation sites excluding steroid dienone is 1. The Morgan fingerprint density at radius 3 is 2.41 bits per heavy atom. The molecule has 1 N–H and O–H groups in total. The number of aromatic nitrogens is 2. The highest BCUT2D eigenvalue weighted by Crippen LogP contribution is 2.22. The van der Waals surface area contributed by atoms with Gasteiger partial charge in [0.25, 0.3) is 0 Å². The van der Waals surface area contributed by atoms with Crippen LogP contribution in [-0.4, -0.2) is 41.6 Å². The molecule has 1 unspecified atom stereocenters. The first kappa shape index (κ1) is 21.9. The molecule has 0 saturated carbocycles. The number of ketones is 1. The SMILES string of the molecule is N#CC(C(=O)/C=C/c1ccc(S(=O)(=O)N2CCCCCC2)cc1)c1nc2ccccc2[nH]1. The number of carbonyl (C=O) groups is 1. The third-order valence-corrected chi connectivity index (χ3v) is 7.53. The summed E-state index contributed by atoms with van der Waals surface area (Å²) in [5, 5.41) is 9.51. The quantitative estimate of drug-likeness (QED) is 0.573. The topological polar surface area (TPSA) is 107 Å². The van der Waals surface area contributed by atoms with Gasteiger partial charge in [0.05, 0.1) is 22.0 Å². The fourth-order valence-electron chi connectivity index (χ4n) is 3.83. The Bertz CT molecular complexity index is 1250. The van der Waals surface area contributed by atoms with Crippen LogP contribution in [-0.2, 0) is 14.8 Å². The molecule has 164 valence electrons. The number of aromatic amines is 1. The van der Waals surface area contributed by atoms with Crippen LogP contribution in [0.25, 0.3) is 17.1 Å². The molecule has 0 amide bonds. The summed E-state index contributed by atoms with van der Waals surface area (Å²) in [5.41, 5.74) is 2.14. The minimum Gasteiger partial charge on any atom is -0.340 e. The minimum atomic E-state index is -3.51. The number of nitrogens with zero attached hydrogens (tertiary/aromatic N) is 3. The maximum absolute atomic E-state index is 12.9. The number of H-pyrrole nitrogens is 1. The summed E-state index contributed by atoms with van der Waals surface area (Å²) in [4.78, 5) is 20.2. The summed E-state index contributed by atoms with van der Waals surface area (Å²) in [6, 6.07) is 15.8. The Morgan fingerprint density at radius 1 is 1.06 bits per heavy atom. The molecule has 3 aromatic rings. The summed E-state index contributed by atoms with van der Waals surface area (Å²) >= 11 is 0. The fraction of sp³-hybridized carbons (Fsp3) is 0.292. The van der Waals surface area contributed by atoms with Crippen LogP contribution in [0.4, 0.5) is 0 Å². The molecule has 0 radical (unpaired) electrons. The van der Waals surface area contributed by atoms with Gasteiger partial charge in [0.15, 0.2) is 11.7 Å². The van der Waals surface area contributed by atoms with Crippen LogP contribution in [0.1, 0.15) is 43.0 Å². The van der Waals surface area contributed by atoms with E-state index in [9.17, 15) is 18.5 Å². The van der Waals surface area contributed by atoms with E-state index < -0.39 is 21.7 Å². The van der Waals surface area contributed by atoms with Crippen molar-refractivity contribution >= 4 is 32.9 Å². The molecule has 1 aliphatic heterocycles. The van der Waals surface area contributed by atoms with Crippen molar-refractivity contribution in [3.8, 4) is 6.07 Å². The zero-order valence-electron chi connectivity index (χ0n) is 17.6. The van der Waals surface area contributed by atoms with E-state index in [-0.39, 0.29) is 4.90 Å². The molecular formula is C24H24N4O3S. The van der Waals surface area contributed by atoms with Gasteiger partial charge in [-0.15, -0.1) is 0 Å². The molecule has 0 spiro atoms. The van der Waals surface area contributed by atoms with Gasteiger partial charge < -0.3 is 4.98 Å². The summed E-state index contributed by atoms with van der Waals surface area (Å²) in [6.45, 7) is 1.10. The molecule has 0 bridgehead atoms. The van der Waals surface area contributed by atoms with Crippen LogP contribution in [0, 0.1) is 11.3 Å². The number of hydrogen-bond acceptors (Lipinski definition) is 5. The van der Waals surface area contributed by atoms with E-state index in [4.69, 9.17) is 0 Å². The molecule has 1 aliphatic rings. The van der Waals surface area contributed by atoms with Gasteiger partial charge in [0.1, 0.15) is 5.82 Å². The number of para-hydroxylation sites is 2. The van der Waals surface area contributed by atoms with Crippen molar-refractivity contribution in [3.05, 3.63) is 66.0 Å². The van der Waals surface area contributed by atoms with E-state index in [1.807, 2.05) is 30.3 Å². The number of hydrogen-bond donors (Lipinski definition) is 1. The number of sulfonamides is 1. The maximum Gasteiger partial charge on any atom is 0.243 e. The predicted octanol–water partition coefficient (Wildman–Crippen LogP) is 4.02. The number of nitriles is 1. The molecule has 0 aliphatic carbocycles. The number of carbonyl (C=O) groups excluding carboxylic acids is 1. The Labute approximate surface area is 187 Å². The summed E-state index contributed by atoms with van der Waals surface area (Å²) in [5.74, 6) is -1.13. The van der Waals surface area contributed by atoms with Crippen molar-refractivity contribution in [2.45, 2.75) is 36.5 Å². The van der Waals surface area contributed by atoms with Crippen LogP contribution in [0.5, 0.6) is 0 Å². The third-order valence-electron chi connectivity index (χ3n) is 5.62. The molecule has 2 aromatic carbocycles. The van der Waals surface area contributed by atoms with Gasteiger partial charge in [-0.3, -0.25) is 4.79 Å². The van der Waals surface area contributed by atoms with Crippen LogP contribution >= 0.6 is 0 Å². The van der Waals surface area contributed by atoms with Crippen LogP contribution < -0.4 is 0 Å². The summed E-state index contributed by atoms with van der Waals surface area (Å²) < 4.78 is 27.3. The molecule has 2 heterocycles. The molecule has 32 heavy (non-hydrogen) atoms. The predicted molar refractivity (Wildman–Crippen MR) is 122 cm³/mol. The molecule has 8 heteroatoms. The first-order valence-electron chi connectivity index (χ1n) is 10.7. The smallest absolute Gasteiger partial charge is 0.243 e. The van der Waals surface area contributed by atoms with E-state index in [2.05, 4.69) is 9.97 Å². The van der Waals surface area contributed by atoms with Crippen molar-refractivity contribution in [3.63, 3.8) is 0 Å². The van der Waals surface area contributed by atoms with E-state index in [1.165, 1.54) is 6.08 Å². The zero-order valence-corrected chi connectivity index (χ0v) is 18.4. The minimum absolute atomic E-state index is 0.250. The molecular weight excluding hydrogens is 424 g/mol. The van der Waals surface area contributed by atoms with E-state index in [0.717, 1.165) is 31.2 Å². The van der Waals surface area contributed by atoms with Crippen LogP contribution in [0.3, 0.4) is 0 Å². The molecule has 7 nitrogen and oxygen atoms in total. The standard InChI is InChI=1S/C24H24N4O3S/c25-17-20(24-26-21-7-3-4-8-22(21)27-24)23(29)14-11-18-9-12-19(13-10-18)32(30,31)28-15-5-1-2-6-16-28/h3-4,7-14,20H,1-2,5-6,15-16H2,(H,26,27)/b14-11+. The maximum atomic E-state index is 12.9. The fourth-order valence-corrected chi connectivity index (χ4v) is 5.34. The van der Waals surface area contributed by atoms with E-state index in [1.54, 1.807) is 34.6 Å². The Balaban J connectivity index is 1.48. The van der Waals surface area contributed by atoms with Crippen molar-refractivity contribution in [1.82, 2.24) is 14.3 Å². The van der Waals surface area contributed by atoms with Crippen molar-refractivity contribution < 1.29 is 13.2 Å². The monoisotopic (exact) mass is 448 g/mol. The average molecular weight is 449 g/mol. The van der Waals surface area contributed by atoms with E-state index >= 15 is 0 Å². The lowest BCUT2D eigenvalue weighted by Gasteiger charge is -2.19. The lowest BCUT2D eigenvalue weighted by molar-refractivity contribution is -0.114. The van der Waals surface area contributed by atoms with Gasteiger partial charge in [-0.05, 0) is 48.7 Å². The Kier molecular flexibility index (Phi) is 6.49. The number of benzene rings is 2. The second-order valence-corrected chi connectivity index (χ2v) is 9.76. The number of imidazole rings is 1. The van der Waals surface area contributed by atoms with E-state index in [0.29, 0.717) is 30.0 Å². The van der Waals surface area contributed by atoms with Crippen LogP contribution in [0.15, 0.2) is 59.5 Å². The van der Waals surface area contributed by atoms with Crippen molar-refractivity contribution in [1.29, 1.82) is 5.26 Å². The molecule has 1 fully saturated rings. The molecule has 1 saturated heterocycles. The lowest BCUT2D eigenvalue weighted by Crippen LogP contribution is -2.31. The van der Waals surface area contributed by atoms with Crippen molar-refractivity contribution in [2.24, 2.45) is 0 Å². The highest BCUT2D eigenvalue weighted by atomic mass is 32.2. The van der Waals surface area contributed by atoms with Crippen LogP contribution in [0.2, 0.25) is 0 Å². The summed E-state index contributed by atoms with van der Waals surface area (Å²) in [7, 11) is -3.51. The van der Waals surface area contributed by atoms with Gasteiger partial charge in [0, 0.05) is 13.1 Å². The Hall–Kier alpha value is -3.28. The number of nitrogens with one attached hydrogen (secondary N) is 1. The number of fused-ring (bicyclic) bond motifs is 1. The second-order valence-electron chi connectivity index (χ2n) is 7.82. The average Bonchev–Trinajstić information content (AvgIpc) is 3.02. The first-order chi connectivity index (χ1) is 15.5. The van der Waals surface area contributed by atoms with Gasteiger partial charge in [-0.1, -0.05) is 43.2 Å². The largest absolute Gasteiger partial charge is 0.340 e. The molecule has 1 atom stereocenters. The zero-order chi connectivity index (χ0) is 22.6. The lowest BCUT2D eigenvalue weighted by atomic mass is 10.0. The first-order valence-corrected chi connectivity index (χ1v) is 12.1. The van der Waals surface area contributed by atoms with Gasteiger partial charge >= 0.3 is 0 Å². The van der Waals surface area contributed by atoms with Gasteiger partial charge in [0.2, 0.25) is 10.0 Å². The third kappa shape index (κ3) is 4.64. The summed E-state index contributed by atoms with van der Waals surface area (Å²) in [6.07, 6.45) is 6.79. The highest BCUT2D eigenvalue weighted by Gasteiger charge is 2.25. The normalized spacial score (nSPS) is 16.6. The molecule has 4 rings (SSSR count).